The number of hydrogen-bond donors (Lipinski definition) is 0. The number of rotatable bonds is 2. The topological polar surface area (TPSA) is 76.2 Å². The molecule has 1 aromatic carbocycles. The maximum absolute atomic E-state index is 12.8. The molecule has 0 N–H and O–H groups in total. The van der Waals surface area contributed by atoms with Gasteiger partial charge in [-0.05, 0) is 31.0 Å². The maximum Gasteiger partial charge on any atom is 0.254 e. The van der Waals surface area contributed by atoms with Crippen LogP contribution in [-0.2, 0) is 10.0 Å². The molecule has 2 fully saturated rings. The Kier molecular flexibility index (Phi) is 3.28. The average molecular weight is 338 g/mol. The second-order valence-corrected chi connectivity index (χ2v) is 8.09. The van der Waals surface area contributed by atoms with E-state index >= 15 is 0 Å². The molecule has 2 saturated heterocycles. The minimum Gasteiger partial charge on any atom is -0.454 e. The molecule has 0 radical (unpaired) electrons. The van der Waals surface area contributed by atoms with Crippen molar-refractivity contribution in [2.45, 2.75) is 24.9 Å². The molecule has 0 saturated carbocycles. The third kappa shape index (κ3) is 2.36. The second-order valence-electron chi connectivity index (χ2n) is 6.15. The Morgan fingerprint density at radius 2 is 1.87 bits per heavy atom. The number of ether oxygens (including phenoxy) is 2. The molecule has 23 heavy (non-hydrogen) atoms. The van der Waals surface area contributed by atoms with Gasteiger partial charge >= 0.3 is 0 Å². The zero-order valence-electron chi connectivity index (χ0n) is 12.8. The van der Waals surface area contributed by atoms with Crippen molar-refractivity contribution in [3.05, 3.63) is 23.8 Å². The highest BCUT2D eigenvalue weighted by Gasteiger charge is 2.47. The van der Waals surface area contributed by atoms with E-state index in [1.807, 2.05) is 0 Å². The van der Waals surface area contributed by atoms with Gasteiger partial charge in [0.15, 0.2) is 11.5 Å². The first kappa shape index (κ1) is 14.8. The number of carbonyl (C=O) groups is 1. The molecule has 4 rings (SSSR count). The van der Waals surface area contributed by atoms with E-state index in [2.05, 4.69) is 0 Å². The van der Waals surface area contributed by atoms with Crippen LogP contribution in [0, 0.1) is 0 Å². The normalized spacial score (nSPS) is 26.6. The molecule has 0 unspecified atom stereocenters. The first-order valence-electron chi connectivity index (χ1n) is 7.62. The molecule has 3 heterocycles. The summed E-state index contributed by atoms with van der Waals surface area (Å²) in [6, 6.07) is 5.03. The summed E-state index contributed by atoms with van der Waals surface area (Å²) in [6.07, 6.45) is 2.61. The summed E-state index contributed by atoms with van der Waals surface area (Å²) in [5.41, 5.74) is 0.549. The van der Waals surface area contributed by atoms with Crippen molar-refractivity contribution in [3.63, 3.8) is 0 Å². The largest absolute Gasteiger partial charge is 0.454 e. The summed E-state index contributed by atoms with van der Waals surface area (Å²) in [7, 11) is -3.22. The lowest BCUT2D eigenvalue weighted by Crippen LogP contribution is -2.41. The Bertz CT molecular complexity index is 763. The lowest BCUT2D eigenvalue weighted by molar-refractivity contribution is 0.0734. The van der Waals surface area contributed by atoms with E-state index < -0.39 is 10.0 Å². The van der Waals surface area contributed by atoms with E-state index in [0.717, 1.165) is 0 Å². The van der Waals surface area contributed by atoms with E-state index in [0.29, 0.717) is 43.0 Å². The highest BCUT2D eigenvalue weighted by Crippen LogP contribution is 2.36. The molecular weight excluding hydrogens is 320 g/mol. The van der Waals surface area contributed by atoms with E-state index in [9.17, 15) is 13.2 Å². The van der Waals surface area contributed by atoms with Crippen LogP contribution < -0.4 is 9.47 Å². The highest BCUT2D eigenvalue weighted by atomic mass is 32.2. The Hall–Kier alpha value is -1.80. The van der Waals surface area contributed by atoms with Crippen LogP contribution in [0.3, 0.4) is 0 Å². The summed E-state index contributed by atoms with van der Waals surface area (Å²) in [5, 5.41) is 0. The summed E-state index contributed by atoms with van der Waals surface area (Å²) < 4.78 is 35.8. The second kappa shape index (κ2) is 5.10. The highest BCUT2D eigenvalue weighted by molar-refractivity contribution is 7.88. The van der Waals surface area contributed by atoms with Gasteiger partial charge in [-0.1, -0.05) is 0 Å². The number of carbonyl (C=O) groups excluding carboxylic acids is 1. The average Bonchev–Trinajstić information content (AvgIpc) is 3.19. The summed E-state index contributed by atoms with van der Waals surface area (Å²) in [4.78, 5) is 14.6. The summed E-state index contributed by atoms with van der Waals surface area (Å²) >= 11 is 0. The SMILES string of the molecule is CS(=O)(=O)N1CC[C@@H]2[C@@H]1CCN2C(=O)c1ccc2c(c1)OCO2. The fourth-order valence-electron chi connectivity index (χ4n) is 3.81. The molecular formula is C15H18N2O5S. The van der Waals surface area contributed by atoms with Gasteiger partial charge in [0.05, 0.1) is 6.26 Å². The fourth-order valence-corrected chi connectivity index (χ4v) is 4.98. The molecule has 3 aliphatic heterocycles. The van der Waals surface area contributed by atoms with Gasteiger partial charge < -0.3 is 14.4 Å². The number of likely N-dealkylation sites (tertiary alicyclic amines) is 1. The van der Waals surface area contributed by atoms with Crippen molar-refractivity contribution in [2.24, 2.45) is 0 Å². The maximum atomic E-state index is 12.8. The molecule has 3 aliphatic rings. The summed E-state index contributed by atoms with van der Waals surface area (Å²) in [6.45, 7) is 1.23. The van der Waals surface area contributed by atoms with Gasteiger partial charge in [0, 0.05) is 30.7 Å². The lowest BCUT2D eigenvalue weighted by atomic mass is 10.1. The van der Waals surface area contributed by atoms with Gasteiger partial charge in [0.25, 0.3) is 5.91 Å². The van der Waals surface area contributed by atoms with Crippen LogP contribution >= 0.6 is 0 Å². The molecule has 7 nitrogen and oxygen atoms in total. The van der Waals surface area contributed by atoms with E-state index in [1.165, 1.54) is 10.6 Å². The van der Waals surface area contributed by atoms with Crippen molar-refractivity contribution < 1.29 is 22.7 Å². The van der Waals surface area contributed by atoms with Crippen molar-refractivity contribution in [2.75, 3.05) is 26.1 Å². The Morgan fingerprint density at radius 1 is 1.13 bits per heavy atom. The molecule has 2 atom stereocenters. The zero-order valence-corrected chi connectivity index (χ0v) is 13.6. The van der Waals surface area contributed by atoms with Gasteiger partial charge in [-0.25, -0.2) is 8.42 Å². The van der Waals surface area contributed by atoms with Crippen LogP contribution in [0.1, 0.15) is 23.2 Å². The van der Waals surface area contributed by atoms with Crippen molar-refractivity contribution in [1.29, 1.82) is 0 Å². The predicted molar refractivity (Wildman–Crippen MR) is 82.0 cm³/mol. The zero-order chi connectivity index (χ0) is 16.2. The smallest absolute Gasteiger partial charge is 0.254 e. The minimum atomic E-state index is -3.22. The Balaban J connectivity index is 1.57. The van der Waals surface area contributed by atoms with E-state index in [4.69, 9.17) is 9.47 Å². The first-order chi connectivity index (χ1) is 10.9. The Labute approximate surface area is 134 Å². The van der Waals surface area contributed by atoms with Crippen molar-refractivity contribution >= 4 is 15.9 Å². The van der Waals surface area contributed by atoms with Crippen LogP contribution in [0.15, 0.2) is 18.2 Å². The number of hydrogen-bond acceptors (Lipinski definition) is 5. The minimum absolute atomic E-state index is 0.0392. The van der Waals surface area contributed by atoms with Crippen molar-refractivity contribution in [1.82, 2.24) is 9.21 Å². The molecule has 124 valence electrons. The third-order valence-electron chi connectivity index (χ3n) is 4.83. The van der Waals surface area contributed by atoms with Gasteiger partial charge in [-0.3, -0.25) is 4.79 Å². The molecule has 0 aliphatic carbocycles. The van der Waals surface area contributed by atoms with Crippen LogP contribution in [0.5, 0.6) is 11.5 Å². The quantitative estimate of drug-likeness (QED) is 0.792. The molecule has 0 aromatic heterocycles. The number of benzene rings is 1. The van der Waals surface area contributed by atoms with Gasteiger partial charge in [0.2, 0.25) is 16.8 Å². The van der Waals surface area contributed by atoms with Gasteiger partial charge in [0.1, 0.15) is 0 Å². The number of nitrogens with zero attached hydrogens (tertiary/aromatic N) is 2. The van der Waals surface area contributed by atoms with Crippen LogP contribution in [0.2, 0.25) is 0 Å². The summed E-state index contributed by atoms with van der Waals surface area (Å²) in [5.74, 6) is 1.15. The molecule has 0 bridgehead atoms. The molecule has 1 aromatic rings. The van der Waals surface area contributed by atoms with Gasteiger partial charge in [-0.2, -0.15) is 4.31 Å². The molecule has 1 amide bonds. The monoisotopic (exact) mass is 338 g/mol. The van der Waals surface area contributed by atoms with E-state index in [-0.39, 0.29) is 24.8 Å². The van der Waals surface area contributed by atoms with Crippen LogP contribution in [0.4, 0.5) is 0 Å². The molecule has 8 heteroatoms. The van der Waals surface area contributed by atoms with E-state index in [1.54, 1.807) is 23.1 Å². The Morgan fingerprint density at radius 3 is 2.65 bits per heavy atom. The first-order valence-corrected chi connectivity index (χ1v) is 9.47. The van der Waals surface area contributed by atoms with Crippen LogP contribution in [-0.4, -0.2) is 61.8 Å². The third-order valence-corrected chi connectivity index (χ3v) is 6.14. The number of amides is 1. The fraction of sp³-hybridized carbons (Fsp3) is 0.533. The lowest BCUT2D eigenvalue weighted by Gasteiger charge is -2.24. The molecule has 0 spiro atoms. The van der Waals surface area contributed by atoms with Crippen LogP contribution in [0.25, 0.3) is 0 Å². The standard InChI is InChI=1S/C15H18N2O5S/c1-23(19,20)17-7-5-11-12(17)4-6-16(11)15(18)10-2-3-13-14(8-10)22-9-21-13/h2-3,8,11-12H,4-7,9H2,1H3/t11-,12+/m1/s1. The van der Waals surface area contributed by atoms with Gasteiger partial charge in [-0.15, -0.1) is 0 Å². The predicted octanol–water partition coefficient (Wildman–Crippen LogP) is 0.664. The van der Waals surface area contributed by atoms with Crippen molar-refractivity contribution in [3.8, 4) is 11.5 Å². The number of fused-ring (bicyclic) bond motifs is 2. The number of sulfonamides is 1.